The lowest BCUT2D eigenvalue weighted by molar-refractivity contribution is -0.145. The highest BCUT2D eigenvalue weighted by molar-refractivity contribution is 6.30. The summed E-state index contributed by atoms with van der Waals surface area (Å²) in [5.41, 5.74) is 4.63. The number of hydrogen-bond donors (Lipinski definition) is 0. The number of benzene rings is 2. The van der Waals surface area contributed by atoms with Gasteiger partial charge >= 0.3 is 0 Å². The third-order valence-corrected chi connectivity index (χ3v) is 6.61. The maximum atomic E-state index is 13.6. The first-order valence-electron chi connectivity index (χ1n) is 11.1. The summed E-state index contributed by atoms with van der Waals surface area (Å²) in [4.78, 5) is 19.9. The van der Waals surface area contributed by atoms with Crippen LogP contribution in [0.5, 0.6) is 5.75 Å². The van der Waals surface area contributed by atoms with E-state index in [0.29, 0.717) is 18.2 Å². The van der Waals surface area contributed by atoms with E-state index in [1.807, 2.05) is 71.1 Å². The van der Waals surface area contributed by atoms with Gasteiger partial charge in [-0.1, -0.05) is 29.8 Å². The molecule has 1 aromatic heterocycles. The van der Waals surface area contributed by atoms with E-state index in [0.717, 1.165) is 46.7 Å². The van der Waals surface area contributed by atoms with Crippen LogP contribution in [0.25, 0.3) is 11.8 Å². The van der Waals surface area contributed by atoms with Gasteiger partial charge in [0.1, 0.15) is 5.75 Å². The minimum atomic E-state index is -0.112. The van der Waals surface area contributed by atoms with Gasteiger partial charge in [-0.2, -0.15) is 0 Å². The number of carbonyl (C=O) groups excluding carboxylic acids is 1. The highest BCUT2D eigenvalue weighted by Crippen LogP contribution is 2.36. The Labute approximate surface area is 198 Å². The second-order valence-electron chi connectivity index (χ2n) is 8.53. The van der Waals surface area contributed by atoms with Gasteiger partial charge in [-0.05, 0) is 61.2 Å². The fourth-order valence-corrected chi connectivity index (χ4v) is 4.81. The summed E-state index contributed by atoms with van der Waals surface area (Å²) in [6.07, 6.45) is 7.31. The zero-order valence-electron chi connectivity index (χ0n) is 18.7. The SMILES string of the molecule is COc1cc(/C=C2\CC[C@H]3COC[C@@H](c4ccc(Cl)cc4)N3C2=O)ccc1-n1cnc(C)c1. The monoisotopic (exact) mass is 463 g/mol. The Morgan fingerprint density at radius 3 is 2.73 bits per heavy atom. The number of fused-ring (bicyclic) bond motifs is 1. The van der Waals surface area contributed by atoms with Crippen molar-refractivity contribution in [3.63, 3.8) is 0 Å². The Morgan fingerprint density at radius 1 is 1.18 bits per heavy atom. The van der Waals surface area contributed by atoms with E-state index in [1.54, 1.807) is 13.4 Å². The van der Waals surface area contributed by atoms with Crippen molar-refractivity contribution in [2.45, 2.75) is 31.8 Å². The van der Waals surface area contributed by atoms with Crippen LogP contribution in [0.4, 0.5) is 0 Å². The van der Waals surface area contributed by atoms with Crippen LogP contribution >= 0.6 is 11.6 Å². The molecule has 0 N–H and O–H groups in total. The normalized spacial score (nSPS) is 21.8. The number of piperidine rings is 1. The number of methoxy groups -OCH3 is 1. The molecule has 0 aliphatic carbocycles. The van der Waals surface area contributed by atoms with Crippen molar-refractivity contribution in [1.29, 1.82) is 0 Å². The summed E-state index contributed by atoms with van der Waals surface area (Å²) in [6.45, 7) is 3.02. The molecular formula is C26H26ClN3O3. The zero-order chi connectivity index (χ0) is 22.9. The minimum absolute atomic E-state index is 0.0720. The van der Waals surface area contributed by atoms with Crippen molar-refractivity contribution in [2.24, 2.45) is 0 Å². The van der Waals surface area contributed by atoms with Gasteiger partial charge in [-0.15, -0.1) is 0 Å². The highest BCUT2D eigenvalue weighted by atomic mass is 35.5. The molecule has 0 radical (unpaired) electrons. The smallest absolute Gasteiger partial charge is 0.250 e. The average molecular weight is 464 g/mol. The van der Waals surface area contributed by atoms with E-state index in [1.165, 1.54) is 0 Å². The number of amides is 1. The van der Waals surface area contributed by atoms with Crippen LogP contribution in [-0.2, 0) is 9.53 Å². The Bertz CT molecular complexity index is 1200. The van der Waals surface area contributed by atoms with Gasteiger partial charge in [-0.25, -0.2) is 4.98 Å². The van der Waals surface area contributed by atoms with Gasteiger partial charge < -0.3 is 18.9 Å². The van der Waals surface area contributed by atoms with Crippen molar-refractivity contribution in [2.75, 3.05) is 20.3 Å². The summed E-state index contributed by atoms with van der Waals surface area (Å²) in [7, 11) is 1.65. The fraction of sp³-hybridized carbons (Fsp3) is 0.308. The summed E-state index contributed by atoms with van der Waals surface area (Å²) in [5.74, 6) is 0.802. The van der Waals surface area contributed by atoms with Crippen molar-refractivity contribution in [3.8, 4) is 11.4 Å². The molecule has 0 unspecified atom stereocenters. The number of ether oxygens (including phenoxy) is 2. The predicted molar refractivity (Wildman–Crippen MR) is 128 cm³/mol. The number of nitrogens with zero attached hydrogens (tertiary/aromatic N) is 3. The molecule has 0 spiro atoms. The predicted octanol–water partition coefficient (Wildman–Crippen LogP) is 4.99. The lowest BCUT2D eigenvalue weighted by atomic mass is 9.91. The van der Waals surface area contributed by atoms with Crippen LogP contribution in [-0.4, -0.2) is 46.7 Å². The van der Waals surface area contributed by atoms with Gasteiger partial charge in [0.15, 0.2) is 0 Å². The molecule has 33 heavy (non-hydrogen) atoms. The Kier molecular flexibility index (Phi) is 5.96. The lowest BCUT2D eigenvalue weighted by Crippen LogP contribution is -2.53. The number of morpholine rings is 1. The van der Waals surface area contributed by atoms with E-state index < -0.39 is 0 Å². The maximum absolute atomic E-state index is 13.6. The number of hydrogen-bond acceptors (Lipinski definition) is 4. The van der Waals surface area contributed by atoms with E-state index in [2.05, 4.69) is 4.98 Å². The minimum Gasteiger partial charge on any atom is -0.495 e. The largest absolute Gasteiger partial charge is 0.495 e. The highest BCUT2D eigenvalue weighted by Gasteiger charge is 2.40. The van der Waals surface area contributed by atoms with Gasteiger partial charge in [0.2, 0.25) is 0 Å². The summed E-state index contributed by atoms with van der Waals surface area (Å²) in [5, 5.41) is 0.681. The van der Waals surface area contributed by atoms with Crippen LogP contribution < -0.4 is 4.74 Å². The van der Waals surface area contributed by atoms with Gasteiger partial charge in [-0.3, -0.25) is 4.79 Å². The van der Waals surface area contributed by atoms with Crippen molar-refractivity contribution >= 4 is 23.6 Å². The van der Waals surface area contributed by atoms with E-state index in [-0.39, 0.29) is 18.0 Å². The molecule has 0 saturated carbocycles. The molecule has 2 fully saturated rings. The summed E-state index contributed by atoms with van der Waals surface area (Å²) in [6, 6.07) is 13.6. The summed E-state index contributed by atoms with van der Waals surface area (Å²) >= 11 is 6.07. The molecule has 2 aliphatic rings. The van der Waals surface area contributed by atoms with Gasteiger partial charge in [0.25, 0.3) is 5.91 Å². The average Bonchev–Trinajstić information content (AvgIpc) is 3.27. The maximum Gasteiger partial charge on any atom is 0.250 e. The quantitative estimate of drug-likeness (QED) is 0.511. The van der Waals surface area contributed by atoms with E-state index >= 15 is 0 Å². The molecule has 6 nitrogen and oxygen atoms in total. The standard InChI is InChI=1S/C26H26ClN3O3/c1-17-13-29(16-28-17)23-10-3-18(12-25(23)32-2)11-20-6-9-22-14-33-15-24(30(22)26(20)31)19-4-7-21(27)8-5-19/h3-5,7-8,10-13,16,22,24H,6,9,14-15H2,1-2H3/b20-11+/t22-,24-/m0/s1. The molecule has 7 heteroatoms. The number of aryl methyl sites for hydroxylation is 1. The van der Waals surface area contributed by atoms with Crippen molar-refractivity contribution in [1.82, 2.24) is 14.5 Å². The molecule has 5 rings (SSSR count). The van der Waals surface area contributed by atoms with Crippen LogP contribution in [0.2, 0.25) is 5.02 Å². The van der Waals surface area contributed by atoms with Gasteiger partial charge in [0, 0.05) is 16.8 Å². The second kappa shape index (κ2) is 9.04. The van der Waals surface area contributed by atoms with E-state index in [4.69, 9.17) is 21.1 Å². The topological polar surface area (TPSA) is 56.6 Å². The summed E-state index contributed by atoms with van der Waals surface area (Å²) < 4.78 is 13.4. The van der Waals surface area contributed by atoms with Crippen LogP contribution in [0.3, 0.4) is 0 Å². The van der Waals surface area contributed by atoms with Crippen molar-refractivity contribution in [3.05, 3.63) is 82.4 Å². The first kappa shape index (κ1) is 21.7. The Morgan fingerprint density at radius 2 is 2.00 bits per heavy atom. The molecular weight excluding hydrogens is 438 g/mol. The third-order valence-electron chi connectivity index (χ3n) is 6.36. The molecule has 2 aliphatic heterocycles. The molecule has 0 bridgehead atoms. The Hall–Kier alpha value is -3.09. The first-order chi connectivity index (χ1) is 16.0. The zero-order valence-corrected chi connectivity index (χ0v) is 19.5. The third kappa shape index (κ3) is 4.28. The number of imidazole rings is 1. The molecule has 170 valence electrons. The fourth-order valence-electron chi connectivity index (χ4n) is 4.68. The van der Waals surface area contributed by atoms with Crippen LogP contribution in [0.1, 0.15) is 35.7 Å². The van der Waals surface area contributed by atoms with Gasteiger partial charge in [0.05, 0.1) is 50.1 Å². The molecule has 2 atom stereocenters. The lowest BCUT2D eigenvalue weighted by Gasteiger charge is -2.45. The number of halogens is 1. The van der Waals surface area contributed by atoms with Crippen molar-refractivity contribution < 1.29 is 14.3 Å². The number of aromatic nitrogens is 2. The molecule has 2 saturated heterocycles. The number of carbonyl (C=O) groups is 1. The van der Waals surface area contributed by atoms with E-state index in [9.17, 15) is 4.79 Å². The molecule has 2 aromatic carbocycles. The molecule has 3 heterocycles. The second-order valence-corrected chi connectivity index (χ2v) is 8.97. The molecule has 1 amide bonds. The van der Waals surface area contributed by atoms with Crippen LogP contribution in [0.15, 0.2) is 60.6 Å². The number of rotatable bonds is 4. The van der Waals surface area contributed by atoms with Crippen LogP contribution in [0, 0.1) is 6.92 Å². The molecule has 3 aromatic rings. The Balaban J connectivity index is 1.44. The first-order valence-corrected chi connectivity index (χ1v) is 11.5.